The zero-order valence-electron chi connectivity index (χ0n) is 8.36. The predicted octanol–water partition coefficient (Wildman–Crippen LogP) is 3.88. The van der Waals surface area contributed by atoms with E-state index in [9.17, 15) is 0 Å². The standard InChI is InChI=1S/C11H18S2/c1-3-13(12,4-2)10-11-8-6-5-7-9-11/h5-9,12H,3-4,10H2,1-2H3. The van der Waals surface area contributed by atoms with E-state index in [2.05, 4.69) is 44.2 Å². The highest BCUT2D eigenvalue weighted by Crippen LogP contribution is 2.54. The number of hydrogen-bond acceptors (Lipinski definition) is 1. The third kappa shape index (κ3) is 3.28. The van der Waals surface area contributed by atoms with Gasteiger partial charge < -0.3 is 0 Å². The van der Waals surface area contributed by atoms with Gasteiger partial charge in [0.05, 0.1) is 0 Å². The summed E-state index contributed by atoms with van der Waals surface area (Å²) in [6.07, 6.45) is 0. The topological polar surface area (TPSA) is 0 Å². The van der Waals surface area contributed by atoms with Gasteiger partial charge in [0.25, 0.3) is 0 Å². The Hall–Kier alpha value is -0.0800. The molecule has 0 aliphatic carbocycles. The molecule has 0 saturated heterocycles. The molecule has 0 aromatic heterocycles. The minimum Gasteiger partial charge on any atom is -0.192 e. The summed E-state index contributed by atoms with van der Waals surface area (Å²) in [4.78, 5) is 0. The summed E-state index contributed by atoms with van der Waals surface area (Å²) < 4.78 is 0. The van der Waals surface area contributed by atoms with Crippen LogP contribution in [0, 0.1) is 0 Å². The van der Waals surface area contributed by atoms with Gasteiger partial charge in [-0.15, -0.1) is 11.7 Å². The fourth-order valence-corrected chi connectivity index (χ4v) is 3.37. The summed E-state index contributed by atoms with van der Waals surface area (Å²) >= 11 is 4.81. The van der Waals surface area contributed by atoms with Crippen LogP contribution in [-0.4, -0.2) is 11.5 Å². The van der Waals surface area contributed by atoms with E-state index in [1.807, 2.05) is 0 Å². The maximum Gasteiger partial charge on any atom is 0.0108 e. The largest absolute Gasteiger partial charge is 0.192 e. The van der Waals surface area contributed by atoms with Crippen molar-refractivity contribution in [2.45, 2.75) is 19.6 Å². The molecule has 0 N–H and O–H groups in total. The van der Waals surface area contributed by atoms with E-state index in [0.29, 0.717) is 0 Å². The summed E-state index contributed by atoms with van der Waals surface area (Å²) in [5, 5.41) is 0. The van der Waals surface area contributed by atoms with Crippen molar-refractivity contribution in [2.75, 3.05) is 11.5 Å². The van der Waals surface area contributed by atoms with E-state index >= 15 is 0 Å². The fraction of sp³-hybridized carbons (Fsp3) is 0.455. The molecule has 2 heteroatoms. The number of rotatable bonds is 4. The van der Waals surface area contributed by atoms with Crippen molar-refractivity contribution in [3.05, 3.63) is 35.9 Å². The average Bonchev–Trinajstić information content (AvgIpc) is 2.19. The van der Waals surface area contributed by atoms with Gasteiger partial charge in [-0.3, -0.25) is 0 Å². The second-order valence-corrected chi connectivity index (χ2v) is 8.97. The Labute approximate surface area is 87.9 Å². The monoisotopic (exact) mass is 214 g/mol. The quantitative estimate of drug-likeness (QED) is 0.571. The van der Waals surface area contributed by atoms with Crippen LogP contribution in [0.3, 0.4) is 0 Å². The Morgan fingerprint density at radius 2 is 1.62 bits per heavy atom. The van der Waals surface area contributed by atoms with E-state index in [-0.39, 0.29) is 0 Å². The van der Waals surface area contributed by atoms with Crippen LogP contribution >= 0.6 is 20.7 Å². The third-order valence-electron chi connectivity index (χ3n) is 2.35. The van der Waals surface area contributed by atoms with Gasteiger partial charge in [-0.1, -0.05) is 44.2 Å². The van der Waals surface area contributed by atoms with Gasteiger partial charge in [0, 0.05) is 5.75 Å². The molecular formula is C11H18S2. The van der Waals surface area contributed by atoms with E-state index in [0.717, 1.165) is 5.75 Å². The minimum atomic E-state index is -0.673. The van der Waals surface area contributed by atoms with Crippen molar-refractivity contribution in [3.63, 3.8) is 0 Å². The Balaban J connectivity index is 2.68. The molecule has 1 rings (SSSR count). The van der Waals surface area contributed by atoms with Crippen LogP contribution in [0.4, 0.5) is 0 Å². The summed E-state index contributed by atoms with van der Waals surface area (Å²) in [6, 6.07) is 10.7. The zero-order chi connectivity index (χ0) is 9.73. The van der Waals surface area contributed by atoms with Gasteiger partial charge in [0.1, 0.15) is 0 Å². The molecule has 0 spiro atoms. The van der Waals surface area contributed by atoms with Crippen LogP contribution in [0.15, 0.2) is 30.3 Å². The summed E-state index contributed by atoms with van der Waals surface area (Å²) in [7, 11) is -0.673. The minimum absolute atomic E-state index is 0.673. The molecule has 0 heterocycles. The molecule has 0 amide bonds. The second-order valence-electron chi connectivity index (χ2n) is 3.21. The maximum absolute atomic E-state index is 4.81. The number of benzene rings is 1. The van der Waals surface area contributed by atoms with Gasteiger partial charge in [-0.05, 0) is 17.1 Å². The van der Waals surface area contributed by atoms with Crippen LogP contribution in [0.5, 0.6) is 0 Å². The molecule has 0 saturated carbocycles. The Bertz CT molecular complexity index is 240. The smallest absolute Gasteiger partial charge is 0.0108 e. The van der Waals surface area contributed by atoms with E-state index in [1.165, 1.54) is 17.1 Å². The van der Waals surface area contributed by atoms with Crippen LogP contribution in [-0.2, 0) is 5.75 Å². The van der Waals surface area contributed by atoms with Gasteiger partial charge in [-0.25, -0.2) is 0 Å². The molecule has 0 aliphatic rings. The van der Waals surface area contributed by atoms with E-state index in [4.69, 9.17) is 11.7 Å². The van der Waals surface area contributed by atoms with Gasteiger partial charge in [0.15, 0.2) is 0 Å². The molecule has 1 aromatic carbocycles. The first-order chi connectivity index (χ1) is 6.20. The molecule has 0 nitrogen and oxygen atoms in total. The molecule has 0 bridgehead atoms. The number of thiol groups is 1. The van der Waals surface area contributed by atoms with Crippen LogP contribution in [0.2, 0.25) is 0 Å². The first-order valence-electron chi connectivity index (χ1n) is 4.73. The lowest BCUT2D eigenvalue weighted by Crippen LogP contribution is -2.01. The van der Waals surface area contributed by atoms with Crippen molar-refractivity contribution < 1.29 is 0 Å². The third-order valence-corrected chi connectivity index (χ3v) is 7.31. The second kappa shape index (κ2) is 4.97. The van der Waals surface area contributed by atoms with Crippen LogP contribution in [0.1, 0.15) is 19.4 Å². The normalized spacial score (nSPS) is 12.8. The Kier molecular flexibility index (Phi) is 4.20. The first-order valence-corrected chi connectivity index (χ1v) is 7.92. The molecule has 0 aliphatic heterocycles. The molecule has 1 aromatic rings. The summed E-state index contributed by atoms with van der Waals surface area (Å²) in [5.74, 6) is 3.58. The highest BCUT2D eigenvalue weighted by atomic mass is 33.1. The van der Waals surface area contributed by atoms with E-state index in [1.54, 1.807) is 0 Å². The van der Waals surface area contributed by atoms with E-state index < -0.39 is 9.06 Å². The average molecular weight is 214 g/mol. The van der Waals surface area contributed by atoms with Crippen molar-refractivity contribution in [1.29, 1.82) is 0 Å². The summed E-state index contributed by atoms with van der Waals surface area (Å²) in [5.41, 5.74) is 1.43. The van der Waals surface area contributed by atoms with Gasteiger partial charge in [-0.2, -0.15) is 9.06 Å². The highest BCUT2D eigenvalue weighted by Gasteiger charge is 2.14. The molecule has 13 heavy (non-hydrogen) atoms. The SMILES string of the molecule is CCS(S)(CC)Cc1ccccc1. The molecule has 0 radical (unpaired) electrons. The van der Waals surface area contributed by atoms with Gasteiger partial charge in [0.2, 0.25) is 0 Å². The van der Waals surface area contributed by atoms with Crippen molar-refractivity contribution in [3.8, 4) is 0 Å². The molecule has 74 valence electrons. The van der Waals surface area contributed by atoms with Crippen molar-refractivity contribution in [1.82, 2.24) is 0 Å². The van der Waals surface area contributed by atoms with Gasteiger partial charge >= 0.3 is 0 Å². The highest BCUT2D eigenvalue weighted by molar-refractivity contribution is 8.87. The van der Waals surface area contributed by atoms with Crippen molar-refractivity contribution >= 4 is 20.7 Å². The fourth-order valence-electron chi connectivity index (χ4n) is 1.29. The maximum atomic E-state index is 4.81. The van der Waals surface area contributed by atoms with Crippen molar-refractivity contribution in [2.24, 2.45) is 0 Å². The summed E-state index contributed by atoms with van der Waals surface area (Å²) in [6.45, 7) is 4.49. The first kappa shape index (κ1) is 11.0. The lowest BCUT2D eigenvalue weighted by Gasteiger charge is -2.32. The predicted molar refractivity (Wildman–Crippen MR) is 67.8 cm³/mol. The lowest BCUT2D eigenvalue weighted by atomic mass is 10.2. The molecule has 0 atom stereocenters. The van der Waals surface area contributed by atoms with Crippen LogP contribution < -0.4 is 0 Å². The van der Waals surface area contributed by atoms with Crippen LogP contribution in [0.25, 0.3) is 0 Å². The Morgan fingerprint density at radius 3 is 2.08 bits per heavy atom. The zero-order valence-corrected chi connectivity index (χ0v) is 10.1. The molecule has 0 fully saturated rings. The molecular weight excluding hydrogens is 196 g/mol. The number of hydrogen-bond donors (Lipinski definition) is 1. The Morgan fingerprint density at radius 1 is 1.08 bits per heavy atom. The lowest BCUT2D eigenvalue weighted by molar-refractivity contribution is 1.33. The molecule has 0 unspecified atom stereocenters.